The van der Waals surface area contributed by atoms with E-state index in [4.69, 9.17) is 10.00 Å². The highest BCUT2D eigenvalue weighted by molar-refractivity contribution is 5.76. The minimum absolute atomic E-state index is 0.00956. The second kappa shape index (κ2) is 9.09. The second-order valence-corrected chi connectivity index (χ2v) is 4.08. The molecule has 0 aromatic heterocycles. The summed E-state index contributed by atoms with van der Waals surface area (Å²) in [6.45, 7) is 2.33. The lowest BCUT2D eigenvalue weighted by Gasteiger charge is -2.06. The Bertz CT molecular complexity index is 441. The zero-order chi connectivity index (χ0) is 13.9. The number of amides is 1. The van der Waals surface area contributed by atoms with Gasteiger partial charge in [-0.3, -0.25) is 4.79 Å². The van der Waals surface area contributed by atoms with Crippen LogP contribution in [-0.4, -0.2) is 32.7 Å². The van der Waals surface area contributed by atoms with Crippen molar-refractivity contribution in [1.82, 2.24) is 10.6 Å². The maximum Gasteiger partial charge on any atom is 0.221 e. The molecule has 2 N–H and O–H groups in total. The molecule has 0 aliphatic heterocycles. The third kappa shape index (κ3) is 6.55. The monoisotopic (exact) mass is 261 g/mol. The fraction of sp³-hybridized carbons (Fsp3) is 0.429. The van der Waals surface area contributed by atoms with E-state index in [9.17, 15) is 4.79 Å². The van der Waals surface area contributed by atoms with Gasteiger partial charge in [0.2, 0.25) is 5.91 Å². The van der Waals surface area contributed by atoms with Crippen LogP contribution in [-0.2, 0) is 16.1 Å². The van der Waals surface area contributed by atoms with Gasteiger partial charge in [0.05, 0.1) is 18.2 Å². The van der Waals surface area contributed by atoms with Crippen LogP contribution in [0.2, 0.25) is 0 Å². The van der Waals surface area contributed by atoms with E-state index in [-0.39, 0.29) is 5.91 Å². The molecule has 19 heavy (non-hydrogen) atoms. The summed E-state index contributed by atoms with van der Waals surface area (Å²) in [5, 5.41) is 14.7. The Balaban J connectivity index is 2.16. The van der Waals surface area contributed by atoms with Gasteiger partial charge in [0.25, 0.3) is 0 Å². The number of benzene rings is 1. The van der Waals surface area contributed by atoms with Crippen molar-refractivity contribution in [3.05, 3.63) is 35.4 Å². The first kappa shape index (κ1) is 15.2. The minimum Gasteiger partial charge on any atom is -0.383 e. The fourth-order valence-electron chi connectivity index (χ4n) is 1.57. The Morgan fingerprint density at radius 1 is 1.42 bits per heavy atom. The van der Waals surface area contributed by atoms with E-state index < -0.39 is 0 Å². The van der Waals surface area contributed by atoms with Crippen molar-refractivity contribution in [2.75, 3.05) is 26.8 Å². The molecule has 0 spiro atoms. The van der Waals surface area contributed by atoms with Crippen LogP contribution >= 0.6 is 0 Å². The van der Waals surface area contributed by atoms with E-state index in [1.165, 1.54) is 0 Å². The van der Waals surface area contributed by atoms with Crippen molar-refractivity contribution in [2.45, 2.75) is 13.0 Å². The van der Waals surface area contributed by atoms with Crippen LogP contribution in [0.4, 0.5) is 0 Å². The van der Waals surface area contributed by atoms with Gasteiger partial charge in [-0.1, -0.05) is 12.1 Å². The molecule has 0 radical (unpaired) electrons. The quantitative estimate of drug-likeness (QED) is 0.679. The Hall–Kier alpha value is -1.90. The van der Waals surface area contributed by atoms with Crippen molar-refractivity contribution >= 4 is 5.91 Å². The maximum absolute atomic E-state index is 11.4. The molecule has 102 valence electrons. The summed E-state index contributed by atoms with van der Waals surface area (Å²) in [5.41, 5.74) is 1.69. The number of hydrogen-bond acceptors (Lipinski definition) is 4. The van der Waals surface area contributed by atoms with Crippen LogP contribution in [0.5, 0.6) is 0 Å². The normalized spacial score (nSPS) is 9.89. The van der Waals surface area contributed by atoms with E-state index in [0.717, 1.165) is 5.56 Å². The summed E-state index contributed by atoms with van der Waals surface area (Å²) in [5.74, 6) is 0.00956. The molecule has 1 rings (SSSR count). The van der Waals surface area contributed by atoms with E-state index in [0.29, 0.717) is 38.2 Å². The van der Waals surface area contributed by atoms with Crippen LogP contribution in [0.3, 0.4) is 0 Å². The summed E-state index contributed by atoms with van der Waals surface area (Å²) < 4.78 is 4.84. The molecule has 0 atom stereocenters. The van der Waals surface area contributed by atoms with Gasteiger partial charge >= 0.3 is 0 Å². The molecule has 0 fully saturated rings. The largest absolute Gasteiger partial charge is 0.383 e. The van der Waals surface area contributed by atoms with E-state index >= 15 is 0 Å². The van der Waals surface area contributed by atoms with E-state index in [1.807, 2.05) is 18.2 Å². The van der Waals surface area contributed by atoms with Crippen LogP contribution in [0.15, 0.2) is 24.3 Å². The van der Waals surface area contributed by atoms with Gasteiger partial charge in [0.15, 0.2) is 0 Å². The van der Waals surface area contributed by atoms with E-state index in [1.54, 1.807) is 13.2 Å². The fourth-order valence-corrected chi connectivity index (χ4v) is 1.57. The Labute approximate surface area is 113 Å². The molecule has 0 aliphatic carbocycles. The first-order valence-corrected chi connectivity index (χ1v) is 6.21. The van der Waals surface area contributed by atoms with E-state index in [2.05, 4.69) is 16.7 Å². The molecule has 0 unspecified atom stereocenters. The maximum atomic E-state index is 11.4. The smallest absolute Gasteiger partial charge is 0.221 e. The highest BCUT2D eigenvalue weighted by Gasteiger charge is 2.00. The topological polar surface area (TPSA) is 74.2 Å². The third-order valence-electron chi connectivity index (χ3n) is 2.54. The highest BCUT2D eigenvalue weighted by atomic mass is 16.5. The van der Waals surface area contributed by atoms with Crippen molar-refractivity contribution in [3.8, 4) is 6.07 Å². The second-order valence-electron chi connectivity index (χ2n) is 4.08. The SMILES string of the molecule is COCCNC(=O)CCNCc1cccc(C#N)c1. The van der Waals surface area contributed by atoms with Crippen LogP contribution < -0.4 is 10.6 Å². The van der Waals surface area contributed by atoms with Gasteiger partial charge in [-0.05, 0) is 17.7 Å². The van der Waals surface area contributed by atoms with Gasteiger partial charge in [0, 0.05) is 33.2 Å². The molecular weight excluding hydrogens is 242 g/mol. The number of methoxy groups -OCH3 is 1. The standard InChI is InChI=1S/C14H19N3O2/c1-19-8-7-17-14(18)5-6-16-11-13-4-2-3-12(9-13)10-15/h2-4,9,16H,5-8,11H2,1H3,(H,17,18). The number of carbonyl (C=O) groups excluding carboxylic acids is 1. The number of hydrogen-bond donors (Lipinski definition) is 2. The third-order valence-corrected chi connectivity index (χ3v) is 2.54. The summed E-state index contributed by atoms with van der Waals surface area (Å²) in [6, 6.07) is 9.52. The van der Waals surface area contributed by atoms with Gasteiger partial charge in [-0.2, -0.15) is 5.26 Å². The lowest BCUT2D eigenvalue weighted by Crippen LogP contribution is -2.29. The average molecular weight is 261 g/mol. The van der Waals surface area contributed by atoms with Crippen LogP contribution in [0.1, 0.15) is 17.5 Å². The lowest BCUT2D eigenvalue weighted by atomic mass is 10.1. The molecule has 0 saturated carbocycles. The Kier molecular flexibility index (Phi) is 7.25. The van der Waals surface area contributed by atoms with Gasteiger partial charge in [-0.25, -0.2) is 0 Å². The zero-order valence-corrected chi connectivity index (χ0v) is 11.1. The Morgan fingerprint density at radius 2 is 2.26 bits per heavy atom. The molecule has 0 heterocycles. The molecule has 0 aliphatic rings. The van der Waals surface area contributed by atoms with Crippen molar-refractivity contribution < 1.29 is 9.53 Å². The lowest BCUT2D eigenvalue weighted by molar-refractivity contribution is -0.121. The number of nitrogens with zero attached hydrogens (tertiary/aromatic N) is 1. The molecule has 1 aromatic carbocycles. The van der Waals surface area contributed by atoms with Gasteiger partial charge < -0.3 is 15.4 Å². The number of nitrogens with one attached hydrogen (secondary N) is 2. The number of nitriles is 1. The Morgan fingerprint density at radius 3 is 3.00 bits per heavy atom. The van der Waals surface area contributed by atoms with Crippen LogP contribution in [0.25, 0.3) is 0 Å². The summed E-state index contributed by atoms with van der Waals surface area (Å²) in [4.78, 5) is 11.4. The van der Waals surface area contributed by atoms with Crippen LogP contribution in [0, 0.1) is 11.3 Å². The predicted molar refractivity (Wildman–Crippen MR) is 72.4 cm³/mol. The predicted octanol–water partition coefficient (Wildman–Crippen LogP) is 0.801. The van der Waals surface area contributed by atoms with Crippen molar-refractivity contribution in [3.63, 3.8) is 0 Å². The number of rotatable bonds is 8. The van der Waals surface area contributed by atoms with Crippen molar-refractivity contribution in [2.24, 2.45) is 0 Å². The number of ether oxygens (including phenoxy) is 1. The summed E-state index contributed by atoms with van der Waals surface area (Å²) in [6.07, 6.45) is 0.432. The summed E-state index contributed by atoms with van der Waals surface area (Å²) >= 11 is 0. The minimum atomic E-state index is 0.00956. The molecule has 5 nitrogen and oxygen atoms in total. The first-order valence-electron chi connectivity index (χ1n) is 6.21. The summed E-state index contributed by atoms with van der Waals surface area (Å²) in [7, 11) is 1.60. The average Bonchev–Trinajstić information content (AvgIpc) is 2.44. The highest BCUT2D eigenvalue weighted by Crippen LogP contribution is 2.03. The molecule has 1 aromatic rings. The molecule has 0 saturated heterocycles. The first-order chi connectivity index (χ1) is 9.26. The molecule has 1 amide bonds. The number of carbonyl (C=O) groups is 1. The van der Waals surface area contributed by atoms with Crippen molar-refractivity contribution in [1.29, 1.82) is 5.26 Å². The van der Waals surface area contributed by atoms with Gasteiger partial charge in [0.1, 0.15) is 0 Å². The molecule has 0 bridgehead atoms. The molecule has 5 heteroatoms. The zero-order valence-electron chi connectivity index (χ0n) is 11.1. The molecular formula is C14H19N3O2. The van der Waals surface area contributed by atoms with Gasteiger partial charge in [-0.15, -0.1) is 0 Å².